The third-order valence-corrected chi connectivity index (χ3v) is 4.58. The van der Waals surface area contributed by atoms with Gasteiger partial charge >= 0.3 is 5.97 Å². The molecule has 2 atom stereocenters. The van der Waals surface area contributed by atoms with Crippen LogP contribution in [0.3, 0.4) is 0 Å². The Bertz CT molecular complexity index is 642. The summed E-state index contributed by atoms with van der Waals surface area (Å²) in [6.45, 7) is 7.76. The van der Waals surface area contributed by atoms with E-state index in [0.717, 1.165) is 18.4 Å². The first-order valence-corrected chi connectivity index (χ1v) is 9.41. The molecule has 0 bridgehead atoms. The highest BCUT2D eigenvalue weighted by atomic mass is 16.6. The van der Waals surface area contributed by atoms with Crippen LogP contribution in [0.25, 0.3) is 6.08 Å². The molecule has 4 nitrogen and oxygen atoms in total. The Morgan fingerprint density at radius 3 is 2.50 bits per heavy atom. The van der Waals surface area contributed by atoms with Crippen LogP contribution in [-0.2, 0) is 19.1 Å². The lowest BCUT2D eigenvalue weighted by Crippen LogP contribution is -2.53. The van der Waals surface area contributed by atoms with Crippen molar-refractivity contribution >= 4 is 17.8 Å². The zero-order valence-electron chi connectivity index (χ0n) is 16.3. The van der Waals surface area contributed by atoms with Crippen molar-refractivity contribution in [3.05, 3.63) is 42.0 Å². The fraction of sp³-hybridized carbons (Fsp3) is 0.545. The predicted molar refractivity (Wildman–Crippen MR) is 103 cm³/mol. The third kappa shape index (κ3) is 4.82. The molecule has 0 heterocycles. The molecular weight excluding hydrogens is 328 g/mol. The van der Waals surface area contributed by atoms with Gasteiger partial charge in [0, 0.05) is 13.0 Å². The van der Waals surface area contributed by atoms with Crippen molar-refractivity contribution in [3.63, 3.8) is 0 Å². The molecule has 0 saturated heterocycles. The molecule has 0 aromatic heterocycles. The summed E-state index contributed by atoms with van der Waals surface area (Å²) in [7, 11) is 0. The van der Waals surface area contributed by atoms with Crippen LogP contribution in [-0.4, -0.2) is 30.1 Å². The topological polar surface area (TPSA) is 52.6 Å². The number of esters is 1. The van der Waals surface area contributed by atoms with Gasteiger partial charge in [-0.1, -0.05) is 48.9 Å². The van der Waals surface area contributed by atoms with Crippen LogP contribution in [0, 0.1) is 5.41 Å². The highest BCUT2D eigenvalue weighted by Gasteiger charge is 2.54. The van der Waals surface area contributed by atoms with E-state index in [0.29, 0.717) is 19.4 Å². The fourth-order valence-electron chi connectivity index (χ4n) is 3.36. The lowest BCUT2D eigenvalue weighted by Gasteiger charge is -2.39. The normalized spacial score (nSPS) is 22.4. The highest BCUT2D eigenvalue weighted by Crippen LogP contribution is 2.41. The number of carbonyl (C=O) groups is 2. The molecule has 26 heavy (non-hydrogen) atoms. The SMILES string of the molecule is CCO[C@@H](/C=C/c1ccccc1)[C@]1(C(=O)OC(C)(C)C)CCCCC1=O. The summed E-state index contributed by atoms with van der Waals surface area (Å²) in [6, 6.07) is 9.80. The summed E-state index contributed by atoms with van der Waals surface area (Å²) in [4.78, 5) is 26.1. The first-order chi connectivity index (χ1) is 12.3. The van der Waals surface area contributed by atoms with E-state index >= 15 is 0 Å². The van der Waals surface area contributed by atoms with Gasteiger partial charge < -0.3 is 9.47 Å². The molecule has 1 aromatic carbocycles. The van der Waals surface area contributed by atoms with Crippen molar-refractivity contribution < 1.29 is 19.1 Å². The van der Waals surface area contributed by atoms with E-state index in [1.165, 1.54) is 0 Å². The first-order valence-electron chi connectivity index (χ1n) is 9.41. The number of carbonyl (C=O) groups excluding carboxylic acids is 2. The second kappa shape index (κ2) is 8.63. The molecular formula is C22H30O4. The van der Waals surface area contributed by atoms with Crippen molar-refractivity contribution in [1.82, 2.24) is 0 Å². The standard InChI is InChI=1S/C22H30O4/c1-5-25-19(15-14-17-11-7-6-8-12-17)22(16-10-9-13-18(22)23)20(24)26-21(2,3)4/h6-8,11-12,14-15,19H,5,9-10,13,16H2,1-4H3/b15-14+/t19-,22-/m0/s1. The zero-order chi connectivity index (χ0) is 19.2. The van der Waals surface area contributed by atoms with Crippen molar-refractivity contribution in [3.8, 4) is 0 Å². The van der Waals surface area contributed by atoms with E-state index in [1.807, 2.05) is 70.2 Å². The van der Waals surface area contributed by atoms with Gasteiger partial charge in [-0.2, -0.15) is 0 Å². The monoisotopic (exact) mass is 358 g/mol. The van der Waals surface area contributed by atoms with Crippen molar-refractivity contribution in [2.45, 2.75) is 65.1 Å². The number of rotatable bonds is 6. The highest BCUT2D eigenvalue weighted by molar-refractivity contribution is 6.05. The Labute approximate surface area is 156 Å². The van der Waals surface area contributed by atoms with E-state index < -0.39 is 23.1 Å². The van der Waals surface area contributed by atoms with Gasteiger partial charge in [0.1, 0.15) is 5.60 Å². The minimum absolute atomic E-state index is 0.0749. The maximum atomic E-state index is 13.1. The van der Waals surface area contributed by atoms with Gasteiger partial charge in [0.05, 0.1) is 6.10 Å². The number of hydrogen-bond donors (Lipinski definition) is 0. The summed E-state index contributed by atoms with van der Waals surface area (Å²) < 4.78 is 11.6. The van der Waals surface area contributed by atoms with Crippen molar-refractivity contribution in [2.24, 2.45) is 5.41 Å². The molecule has 1 aliphatic carbocycles. The quantitative estimate of drug-likeness (QED) is 0.552. The van der Waals surface area contributed by atoms with Crippen LogP contribution in [0.15, 0.2) is 36.4 Å². The van der Waals surface area contributed by atoms with Gasteiger partial charge in [-0.05, 0) is 46.1 Å². The number of hydrogen-bond acceptors (Lipinski definition) is 4. The average Bonchev–Trinajstić information content (AvgIpc) is 2.59. The van der Waals surface area contributed by atoms with Crippen molar-refractivity contribution in [2.75, 3.05) is 6.61 Å². The number of ether oxygens (including phenoxy) is 2. The summed E-state index contributed by atoms with van der Waals surface area (Å²) in [5.41, 5.74) is -0.908. The molecule has 1 aliphatic rings. The molecule has 0 spiro atoms. The second-order valence-electron chi connectivity index (χ2n) is 7.75. The van der Waals surface area contributed by atoms with Crippen molar-refractivity contribution in [1.29, 1.82) is 0 Å². The maximum absolute atomic E-state index is 13.1. The molecule has 4 heteroatoms. The Hall–Kier alpha value is -1.94. The van der Waals surface area contributed by atoms with Gasteiger partial charge in [0.25, 0.3) is 0 Å². The summed E-state index contributed by atoms with van der Waals surface area (Å²) in [5.74, 6) is -0.542. The zero-order valence-corrected chi connectivity index (χ0v) is 16.3. The summed E-state index contributed by atoms with van der Waals surface area (Å²) in [5, 5.41) is 0. The molecule has 0 N–H and O–H groups in total. The predicted octanol–water partition coefficient (Wildman–Crippen LogP) is 4.58. The van der Waals surface area contributed by atoms with Crippen LogP contribution in [0.1, 0.15) is 58.9 Å². The molecule has 1 fully saturated rings. The number of benzene rings is 1. The van der Waals surface area contributed by atoms with E-state index in [2.05, 4.69) is 0 Å². The molecule has 0 aliphatic heterocycles. The minimum atomic E-state index is -1.26. The van der Waals surface area contributed by atoms with E-state index in [1.54, 1.807) is 0 Å². The Kier molecular flexibility index (Phi) is 6.76. The number of ketones is 1. The Morgan fingerprint density at radius 2 is 1.92 bits per heavy atom. The minimum Gasteiger partial charge on any atom is -0.459 e. The van der Waals surface area contributed by atoms with Gasteiger partial charge in [0.15, 0.2) is 11.2 Å². The lowest BCUT2D eigenvalue weighted by atomic mass is 9.68. The van der Waals surface area contributed by atoms with Crippen LogP contribution in [0.2, 0.25) is 0 Å². The lowest BCUT2D eigenvalue weighted by molar-refractivity contribution is -0.180. The van der Waals surface area contributed by atoms with E-state index in [4.69, 9.17) is 9.47 Å². The van der Waals surface area contributed by atoms with E-state index in [9.17, 15) is 9.59 Å². The maximum Gasteiger partial charge on any atom is 0.323 e. The average molecular weight is 358 g/mol. The van der Waals surface area contributed by atoms with E-state index in [-0.39, 0.29) is 5.78 Å². The van der Waals surface area contributed by atoms with Crippen LogP contribution in [0.4, 0.5) is 0 Å². The first kappa shape index (κ1) is 20.4. The molecule has 142 valence electrons. The second-order valence-corrected chi connectivity index (χ2v) is 7.75. The summed E-state index contributed by atoms with van der Waals surface area (Å²) in [6.07, 6.45) is 5.60. The third-order valence-electron chi connectivity index (χ3n) is 4.58. The molecule has 1 saturated carbocycles. The Morgan fingerprint density at radius 1 is 1.23 bits per heavy atom. The van der Waals surface area contributed by atoms with Gasteiger partial charge in [-0.15, -0.1) is 0 Å². The number of Topliss-reactive ketones (excluding diaryl/α,β-unsaturated/α-hetero) is 1. The molecule has 0 amide bonds. The summed E-state index contributed by atoms with van der Waals surface area (Å²) >= 11 is 0. The smallest absolute Gasteiger partial charge is 0.323 e. The van der Waals surface area contributed by atoms with Gasteiger partial charge in [-0.25, -0.2) is 0 Å². The molecule has 1 aromatic rings. The Balaban J connectivity index is 2.40. The van der Waals surface area contributed by atoms with Gasteiger partial charge in [-0.3, -0.25) is 9.59 Å². The van der Waals surface area contributed by atoms with Crippen LogP contribution < -0.4 is 0 Å². The molecule has 2 rings (SSSR count). The largest absolute Gasteiger partial charge is 0.459 e. The fourth-order valence-corrected chi connectivity index (χ4v) is 3.36. The van der Waals surface area contributed by atoms with Crippen LogP contribution >= 0.6 is 0 Å². The molecule has 0 unspecified atom stereocenters. The van der Waals surface area contributed by atoms with Crippen LogP contribution in [0.5, 0.6) is 0 Å². The molecule has 0 radical (unpaired) electrons. The van der Waals surface area contributed by atoms with Gasteiger partial charge in [0.2, 0.25) is 0 Å².